The number of hydrogen-bond donors (Lipinski definition) is 4. The van der Waals surface area contributed by atoms with Crippen molar-refractivity contribution in [2.24, 2.45) is 0 Å². The molecule has 0 saturated carbocycles. The van der Waals surface area contributed by atoms with Gasteiger partial charge < -0.3 is 16.8 Å². The van der Waals surface area contributed by atoms with Crippen molar-refractivity contribution in [3.63, 3.8) is 0 Å². The number of thioether (sulfide) groups is 1. The first kappa shape index (κ1) is 14.0. The molecule has 0 fully saturated rings. The molecule has 1 atom stereocenters. The van der Waals surface area contributed by atoms with Gasteiger partial charge >= 0.3 is 0 Å². The zero-order valence-corrected chi connectivity index (χ0v) is 12.1. The van der Waals surface area contributed by atoms with Crippen LogP contribution in [0, 0.1) is 0 Å². The molecule has 19 heavy (non-hydrogen) atoms. The average Bonchev–Trinajstić information content (AvgIpc) is 2.41. The van der Waals surface area contributed by atoms with Gasteiger partial charge in [0.05, 0.1) is 4.58 Å². The van der Waals surface area contributed by atoms with Crippen LogP contribution in [0.25, 0.3) is 0 Å². The van der Waals surface area contributed by atoms with E-state index in [1.807, 2.05) is 48.5 Å². The summed E-state index contributed by atoms with van der Waals surface area (Å²) in [5, 5.41) is 3.33. The molecule has 3 nitrogen and oxygen atoms in total. The zero-order chi connectivity index (χ0) is 13.7. The predicted octanol–water partition coefficient (Wildman–Crippen LogP) is 3.31. The second-order valence-electron chi connectivity index (χ2n) is 4.14. The van der Waals surface area contributed by atoms with Crippen LogP contribution in [0.3, 0.4) is 0 Å². The van der Waals surface area contributed by atoms with Crippen molar-refractivity contribution in [1.29, 1.82) is 0 Å². The lowest BCUT2D eigenvalue weighted by Gasteiger charge is -2.13. The van der Waals surface area contributed by atoms with Gasteiger partial charge in [-0.05, 0) is 48.5 Å². The number of anilines is 3. The summed E-state index contributed by atoms with van der Waals surface area (Å²) in [7, 11) is 0. The largest absolute Gasteiger partial charge is 0.399 e. The molecule has 0 saturated heterocycles. The smallest absolute Gasteiger partial charge is 0.0691 e. The minimum absolute atomic E-state index is 0.168. The maximum absolute atomic E-state index is 5.65. The lowest BCUT2D eigenvalue weighted by molar-refractivity contribution is 1.18. The average molecular weight is 291 g/mol. The third kappa shape index (κ3) is 4.61. The summed E-state index contributed by atoms with van der Waals surface area (Å²) in [6, 6.07) is 15.5. The molecule has 0 bridgehead atoms. The van der Waals surface area contributed by atoms with Gasteiger partial charge in [-0.1, -0.05) is 0 Å². The third-order valence-corrected chi connectivity index (χ3v) is 4.03. The van der Waals surface area contributed by atoms with Crippen LogP contribution in [0.4, 0.5) is 17.1 Å². The van der Waals surface area contributed by atoms with Crippen LogP contribution in [0.15, 0.2) is 53.4 Å². The third-order valence-electron chi connectivity index (χ3n) is 2.54. The predicted molar refractivity (Wildman–Crippen MR) is 88.8 cm³/mol. The highest BCUT2D eigenvalue weighted by atomic mass is 32.2. The van der Waals surface area contributed by atoms with Gasteiger partial charge in [0.1, 0.15) is 0 Å². The van der Waals surface area contributed by atoms with Gasteiger partial charge in [-0.25, -0.2) is 0 Å². The van der Waals surface area contributed by atoms with E-state index in [0.717, 1.165) is 28.5 Å². The molecule has 2 rings (SSSR count). The van der Waals surface area contributed by atoms with Crippen molar-refractivity contribution < 1.29 is 0 Å². The Hall–Kier alpha value is -1.46. The summed E-state index contributed by atoms with van der Waals surface area (Å²) in [4.78, 5) is 1.16. The highest BCUT2D eigenvalue weighted by Crippen LogP contribution is 2.26. The standard InChI is InChI=1S/C14H17N3S2/c15-10-1-5-12(6-2-10)17-9-14(18)19-13-7-3-11(16)4-8-13/h1-8,14,17-18H,9,15-16H2. The molecule has 1 unspecified atom stereocenters. The maximum Gasteiger partial charge on any atom is 0.0691 e. The minimum atomic E-state index is 0.168. The molecule has 5 heteroatoms. The Balaban J connectivity index is 1.82. The van der Waals surface area contributed by atoms with Gasteiger partial charge in [0, 0.05) is 28.5 Å². The minimum Gasteiger partial charge on any atom is -0.399 e. The molecule has 0 heterocycles. The molecule has 2 aromatic rings. The van der Waals surface area contributed by atoms with Gasteiger partial charge in [-0.2, -0.15) is 12.6 Å². The lowest BCUT2D eigenvalue weighted by atomic mass is 10.3. The quantitative estimate of drug-likeness (QED) is 0.295. The van der Waals surface area contributed by atoms with Crippen molar-refractivity contribution in [3.8, 4) is 0 Å². The van der Waals surface area contributed by atoms with E-state index >= 15 is 0 Å². The monoisotopic (exact) mass is 291 g/mol. The highest BCUT2D eigenvalue weighted by Gasteiger charge is 2.05. The summed E-state index contributed by atoms with van der Waals surface area (Å²) in [5.74, 6) is 0. The van der Waals surface area contributed by atoms with Gasteiger partial charge in [-0.3, -0.25) is 0 Å². The van der Waals surface area contributed by atoms with E-state index in [1.54, 1.807) is 11.8 Å². The van der Waals surface area contributed by atoms with Crippen molar-refractivity contribution in [3.05, 3.63) is 48.5 Å². The number of rotatable bonds is 5. The first-order valence-corrected chi connectivity index (χ1v) is 7.33. The lowest BCUT2D eigenvalue weighted by Crippen LogP contribution is -2.10. The summed E-state index contributed by atoms with van der Waals surface area (Å²) in [5.41, 5.74) is 13.9. The molecule has 0 aromatic heterocycles. The molecule has 0 aliphatic rings. The van der Waals surface area contributed by atoms with Crippen LogP contribution in [0.5, 0.6) is 0 Å². The molecule has 5 N–H and O–H groups in total. The zero-order valence-electron chi connectivity index (χ0n) is 10.4. The Morgan fingerprint density at radius 1 is 0.947 bits per heavy atom. The summed E-state index contributed by atoms with van der Waals surface area (Å²) < 4.78 is 0.168. The van der Waals surface area contributed by atoms with Crippen LogP contribution >= 0.6 is 24.4 Å². The molecule has 0 amide bonds. The second-order valence-corrected chi connectivity index (χ2v) is 6.39. The fraction of sp³-hybridized carbons (Fsp3) is 0.143. The topological polar surface area (TPSA) is 64.1 Å². The van der Waals surface area contributed by atoms with E-state index in [9.17, 15) is 0 Å². The number of benzene rings is 2. The fourth-order valence-corrected chi connectivity index (χ4v) is 2.78. The van der Waals surface area contributed by atoms with Crippen molar-refractivity contribution in [2.45, 2.75) is 9.48 Å². The first-order chi connectivity index (χ1) is 9.13. The van der Waals surface area contributed by atoms with E-state index in [1.165, 1.54) is 0 Å². The SMILES string of the molecule is Nc1ccc(NCC(S)Sc2ccc(N)cc2)cc1. The van der Waals surface area contributed by atoms with E-state index in [2.05, 4.69) is 17.9 Å². The van der Waals surface area contributed by atoms with Crippen LogP contribution in [0.1, 0.15) is 0 Å². The van der Waals surface area contributed by atoms with Gasteiger partial charge in [0.2, 0.25) is 0 Å². The number of hydrogen-bond acceptors (Lipinski definition) is 5. The first-order valence-electron chi connectivity index (χ1n) is 5.93. The molecule has 2 aromatic carbocycles. The number of nitrogens with one attached hydrogen (secondary N) is 1. The molecule has 0 spiro atoms. The number of nitrogen functional groups attached to an aromatic ring is 2. The second kappa shape index (κ2) is 6.63. The number of thiol groups is 1. The van der Waals surface area contributed by atoms with E-state index < -0.39 is 0 Å². The van der Waals surface area contributed by atoms with E-state index in [4.69, 9.17) is 11.5 Å². The summed E-state index contributed by atoms with van der Waals surface area (Å²) in [6.45, 7) is 0.766. The van der Waals surface area contributed by atoms with Crippen LogP contribution in [-0.2, 0) is 0 Å². The van der Waals surface area contributed by atoms with Crippen molar-refractivity contribution in [1.82, 2.24) is 0 Å². The van der Waals surface area contributed by atoms with Crippen molar-refractivity contribution in [2.75, 3.05) is 23.3 Å². The van der Waals surface area contributed by atoms with Crippen molar-refractivity contribution >= 4 is 41.5 Å². The molecule has 100 valence electrons. The Morgan fingerprint density at radius 2 is 1.47 bits per heavy atom. The Bertz CT molecular complexity index is 511. The summed E-state index contributed by atoms with van der Waals surface area (Å²) in [6.07, 6.45) is 0. The molecular formula is C14H17N3S2. The number of nitrogens with two attached hydrogens (primary N) is 2. The van der Waals surface area contributed by atoms with Gasteiger partial charge in [-0.15, -0.1) is 11.8 Å². The van der Waals surface area contributed by atoms with Gasteiger partial charge in [0.25, 0.3) is 0 Å². The van der Waals surface area contributed by atoms with E-state index in [0.29, 0.717) is 0 Å². The molecule has 0 aliphatic heterocycles. The molecule has 0 radical (unpaired) electrons. The van der Waals surface area contributed by atoms with Crippen LogP contribution < -0.4 is 16.8 Å². The fourth-order valence-electron chi connectivity index (χ4n) is 1.55. The van der Waals surface area contributed by atoms with Crippen LogP contribution in [-0.4, -0.2) is 11.1 Å². The summed E-state index contributed by atoms with van der Waals surface area (Å²) >= 11 is 6.26. The molecule has 0 aliphatic carbocycles. The van der Waals surface area contributed by atoms with E-state index in [-0.39, 0.29) is 4.58 Å². The Morgan fingerprint density at radius 3 is 2.05 bits per heavy atom. The molecular weight excluding hydrogens is 274 g/mol. The van der Waals surface area contributed by atoms with Gasteiger partial charge in [0.15, 0.2) is 0 Å². The highest BCUT2D eigenvalue weighted by molar-refractivity contribution is 8.10. The maximum atomic E-state index is 5.65. The van der Waals surface area contributed by atoms with Crippen LogP contribution in [0.2, 0.25) is 0 Å². The normalized spacial score (nSPS) is 12.1. The Labute approximate surface area is 123 Å². The Kier molecular flexibility index (Phi) is 4.87.